The van der Waals surface area contributed by atoms with Gasteiger partial charge in [0.1, 0.15) is 0 Å². The second-order valence-corrected chi connectivity index (χ2v) is 4.62. The van der Waals surface area contributed by atoms with Crippen LogP contribution in [-0.4, -0.2) is 24.9 Å². The monoisotopic (exact) mass is 394 g/mol. The van der Waals surface area contributed by atoms with E-state index in [-0.39, 0.29) is 34.7 Å². The number of non-ortho nitro benzene ring substituents is 1. The van der Waals surface area contributed by atoms with Crippen LogP contribution in [0.25, 0.3) is 11.0 Å². The predicted octanol–water partition coefficient (Wildman–Crippen LogP) is 1.10. The quantitative estimate of drug-likeness (QED) is 0.341. The SMILES string of the molecule is Br.O=c1[nH]c2cc([N+](=O)[O-])cc(CNc3ncccn3)c2[nH]c1=O. The van der Waals surface area contributed by atoms with Gasteiger partial charge in [0.2, 0.25) is 5.95 Å². The lowest BCUT2D eigenvalue weighted by molar-refractivity contribution is -0.384. The number of aromatic amines is 2. The molecule has 2 heterocycles. The number of H-pyrrole nitrogens is 2. The maximum atomic E-state index is 11.5. The first-order valence-electron chi connectivity index (χ1n) is 6.49. The molecule has 24 heavy (non-hydrogen) atoms. The zero-order valence-electron chi connectivity index (χ0n) is 12.0. The fraction of sp³-hybridized carbons (Fsp3) is 0.0769. The Morgan fingerprint density at radius 2 is 1.79 bits per heavy atom. The highest BCUT2D eigenvalue weighted by Crippen LogP contribution is 2.22. The summed E-state index contributed by atoms with van der Waals surface area (Å²) in [5, 5.41) is 13.9. The van der Waals surface area contributed by atoms with Crippen molar-refractivity contribution >= 4 is 39.7 Å². The molecule has 0 radical (unpaired) electrons. The highest BCUT2D eigenvalue weighted by Gasteiger charge is 2.14. The van der Waals surface area contributed by atoms with E-state index in [2.05, 4.69) is 25.3 Å². The topological polar surface area (TPSA) is 147 Å². The minimum atomic E-state index is -0.872. The molecule has 0 amide bonds. The average molecular weight is 395 g/mol. The molecule has 3 aromatic rings. The molecule has 10 nitrogen and oxygen atoms in total. The normalized spacial score (nSPS) is 10.2. The van der Waals surface area contributed by atoms with Crippen LogP contribution in [0.15, 0.2) is 40.2 Å². The minimum absolute atomic E-state index is 0. The van der Waals surface area contributed by atoms with Crippen molar-refractivity contribution in [2.75, 3.05) is 5.32 Å². The standard InChI is InChI=1S/C13H10N6O4.BrH/c20-11-12(21)18-10-7(6-16-13-14-2-1-3-15-13)4-8(19(22)23)5-9(10)17-11;/h1-5H,6H2,(H,17,20)(H,18,21)(H,14,15,16);1H. The molecule has 124 valence electrons. The molecule has 3 rings (SSSR count). The summed E-state index contributed by atoms with van der Waals surface area (Å²) in [5.74, 6) is 0.332. The molecule has 0 unspecified atom stereocenters. The number of fused-ring (bicyclic) bond motifs is 1. The molecule has 2 aromatic heterocycles. The van der Waals surface area contributed by atoms with E-state index < -0.39 is 16.0 Å². The van der Waals surface area contributed by atoms with Crippen LogP contribution in [0.3, 0.4) is 0 Å². The molecule has 0 bridgehead atoms. The van der Waals surface area contributed by atoms with Gasteiger partial charge >= 0.3 is 11.1 Å². The summed E-state index contributed by atoms with van der Waals surface area (Å²) in [6.07, 6.45) is 3.08. The molecule has 0 spiro atoms. The van der Waals surface area contributed by atoms with Gasteiger partial charge in [-0.05, 0) is 6.07 Å². The van der Waals surface area contributed by atoms with Crippen molar-refractivity contribution in [3.63, 3.8) is 0 Å². The van der Waals surface area contributed by atoms with Gasteiger partial charge in [-0.15, -0.1) is 17.0 Å². The number of hydrogen-bond acceptors (Lipinski definition) is 7. The summed E-state index contributed by atoms with van der Waals surface area (Å²) in [6, 6.07) is 4.15. The van der Waals surface area contributed by atoms with Crippen LogP contribution >= 0.6 is 17.0 Å². The minimum Gasteiger partial charge on any atom is -0.350 e. The highest BCUT2D eigenvalue weighted by molar-refractivity contribution is 8.93. The number of aromatic nitrogens is 4. The second kappa shape index (κ2) is 7.00. The van der Waals surface area contributed by atoms with Crippen LogP contribution in [0.4, 0.5) is 11.6 Å². The summed E-state index contributed by atoms with van der Waals surface area (Å²) in [5.41, 5.74) is -0.994. The fourth-order valence-corrected chi connectivity index (χ4v) is 2.09. The van der Waals surface area contributed by atoms with Crippen LogP contribution in [-0.2, 0) is 6.54 Å². The Kier molecular flexibility index (Phi) is 5.04. The van der Waals surface area contributed by atoms with E-state index in [1.807, 2.05) is 0 Å². The number of nitrogens with one attached hydrogen (secondary N) is 3. The average Bonchev–Trinajstić information content (AvgIpc) is 2.54. The number of nitrogens with zero attached hydrogens (tertiary/aromatic N) is 3. The molecule has 0 saturated carbocycles. The van der Waals surface area contributed by atoms with Crippen LogP contribution in [0.1, 0.15) is 5.56 Å². The van der Waals surface area contributed by atoms with Crippen LogP contribution in [0.5, 0.6) is 0 Å². The van der Waals surface area contributed by atoms with Gasteiger partial charge in [-0.25, -0.2) is 9.97 Å². The lowest BCUT2D eigenvalue weighted by Crippen LogP contribution is -2.29. The summed E-state index contributed by atoms with van der Waals surface area (Å²) in [4.78, 5) is 46.1. The van der Waals surface area contributed by atoms with E-state index in [1.54, 1.807) is 18.5 Å². The Morgan fingerprint density at radius 1 is 1.12 bits per heavy atom. The van der Waals surface area contributed by atoms with Crippen molar-refractivity contribution in [3.8, 4) is 0 Å². The summed E-state index contributed by atoms with van der Waals surface area (Å²) in [7, 11) is 0. The molecule has 0 aliphatic carbocycles. The molecule has 0 atom stereocenters. The maximum absolute atomic E-state index is 11.5. The Balaban J connectivity index is 0.00000208. The molecular formula is C13H11BrN6O4. The first-order valence-corrected chi connectivity index (χ1v) is 6.49. The molecule has 3 N–H and O–H groups in total. The molecule has 1 aromatic carbocycles. The predicted molar refractivity (Wildman–Crippen MR) is 91.5 cm³/mol. The summed E-state index contributed by atoms with van der Waals surface area (Å²) >= 11 is 0. The highest BCUT2D eigenvalue weighted by atomic mass is 79.9. The van der Waals surface area contributed by atoms with Crippen molar-refractivity contribution in [3.05, 3.63) is 67.0 Å². The van der Waals surface area contributed by atoms with Gasteiger partial charge in [0, 0.05) is 36.6 Å². The first-order chi connectivity index (χ1) is 11.0. The van der Waals surface area contributed by atoms with Crippen molar-refractivity contribution in [2.24, 2.45) is 0 Å². The molecule has 11 heteroatoms. The van der Waals surface area contributed by atoms with E-state index in [0.29, 0.717) is 17.0 Å². The van der Waals surface area contributed by atoms with Crippen molar-refractivity contribution in [1.29, 1.82) is 0 Å². The summed E-state index contributed by atoms with van der Waals surface area (Å²) < 4.78 is 0. The lowest BCUT2D eigenvalue weighted by Gasteiger charge is -2.08. The maximum Gasteiger partial charge on any atom is 0.314 e. The number of halogens is 1. The number of anilines is 1. The number of nitro benzene ring substituents is 1. The third-order valence-electron chi connectivity index (χ3n) is 3.11. The molecular weight excluding hydrogens is 384 g/mol. The largest absolute Gasteiger partial charge is 0.350 e. The van der Waals surface area contributed by atoms with Gasteiger partial charge in [-0.1, -0.05) is 0 Å². The fourth-order valence-electron chi connectivity index (χ4n) is 2.09. The molecule has 0 aliphatic rings. The Hall–Kier alpha value is -3.08. The summed E-state index contributed by atoms with van der Waals surface area (Å²) in [6.45, 7) is 0.129. The van der Waals surface area contributed by atoms with Gasteiger partial charge in [-0.2, -0.15) is 0 Å². The van der Waals surface area contributed by atoms with E-state index in [0.717, 1.165) is 0 Å². The van der Waals surface area contributed by atoms with Crippen LogP contribution in [0.2, 0.25) is 0 Å². The zero-order valence-corrected chi connectivity index (χ0v) is 13.7. The van der Waals surface area contributed by atoms with Gasteiger partial charge in [0.05, 0.1) is 16.0 Å². The van der Waals surface area contributed by atoms with E-state index >= 15 is 0 Å². The van der Waals surface area contributed by atoms with Gasteiger partial charge in [0.25, 0.3) is 5.69 Å². The zero-order chi connectivity index (χ0) is 16.4. The first kappa shape index (κ1) is 17.3. The third-order valence-corrected chi connectivity index (χ3v) is 3.11. The Labute approximate surface area is 143 Å². The van der Waals surface area contributed by atoms with Gasteiger partial charge in [0.15, 0.2) is 0 Å². The smallest absolute Gasteiger partial charge is 0.314 e. The second-order valence-electron chi connectivity index (χ2n) is 4.62. The lowest BCUT2D eigenvalue weighted by atomic mass is 10.1. The number of rotatable bonds is 4. The molecule has 0 saturated heterocycles. The van der Waals surface area contributed by atoms with Crippen LogP contribution < -0.4 is 16.4 Å². The molecule has 0 fully saturated rings. The van der Waals surface area contributed by atoms with Crippen molar-refractivity contribution < 1.29 is 4.92 Å². The van der Waals surface area contributed by atoms with E-state index in [1.165, 1.54) is 12.1 Å². The van der Waals surface area contributed by atoms with Crippen molar-refractivity contribution in [1.82, 2.24) is 19.9 Å². The Morgan fingerprint density at radius 3 is 2.46 bits per heavy atom. The van der Waals surface area contributed by atoms with E-state index in [9.17, 15) is 19.7 Å². The molecule has 0 aliphatic heterocycles. The number of nitro groups is 1. The van der Waals surface area contributed by atoms with Gasteiger partial charge < -0.3 is 15.3 Å². The third kappa shape index (κ3) is 3.46. The van der Waals surface area contributed by atoms with Gasteiger partial charge in [-0.3, -0.25) is 19.7 Å². The number of hydrogen-bond donors (Lipinski definition) is 3. The van der Waals surface area contributed by atoms with Crippen LogP contribution in [0, 0.1) is 10.1 Å². The van der Waals surface area contributed by atoms with Crippen molar-refractivity contribution in [2.45, 2.75) is 6.54 Å². The number of benzene rings is 1. The Bertz CT molecular complexity index is 1000. The van der Waals surface area contributed by atoms with E-state index in [4.69, 9.17) is 0 Å².